The molecule has 2 heterocycles. The molecule has 1 aliphatic heterocycles. The van der Waals surface area contributed by atoms with Crippen molar-refractivity contribution in [2.75, 3.05) is 17.2 Å². The van der Waals surface area contributed by atoms with Gasteiger partial charge in [0.25, 0.3) is 5.91 Å². The molecule has 4 rings (SSSR count). The predicted octanol–water partition coefficient (Wildman–Crippen LogP) is 4.14. The number of hydrogen-bond acceptors (Lipinski definition) is 5. The monoisotopic (exact) mass is 401 g/mol. The van der Waals surface area contributed by atoms with Crippen LogP contribution < -0.4 is 15.4 Å². The number of ether oxygens (including phenoxy) is 1. The highest BCUT2D eigenvalue weighted by Crippen LogP contribution is 2.38. The van der Waals surface area contributed by atoms with Gasteiger partial charge < -0.3 is 10.5 Å². The van der Waals surface area contributed by atoms with E-state index in [1.807, 2.05) is 42.5 Å². The number of carbonyl (C=O) groups is 2. The van der Waals surface area contributed by atoms with E-state index in [0.29, 0.717) is 22.8 Å². The van der Waals surface area contributed by atoms with E-state index in [-0.39, 0.29) is 29.9 Å². The summed E-state index contributed by atoms with van der Waals surface area (Å²) < 4.78 is 5.92. The lowest BCUT2D eigenvalue weighted by Crippen LogP contribution is -2.44. The fourth-order valence-corrected chi connectivity index (χ4v) is 3.44. The molecule has 0 saturated carbocycles. The lowest BCUT2D eigenvalue weighted by atomic mass is 10.00. The number of aromatic nitrogens is 1. The summed E-state index contributed by atoms with van der Waals surface area (Å²) in [6.45, 7) is 4.05. The summed E-state index contributed by atoms with van der Waals surface area (Å²) in [7, 11) is 0. The zero-order valence-corrected chi connectivity index (χ0v) is 16.9. The van der Waals surface area contributed by atoms with E-state index in [9.17, 15) is 9.59 Å². The van der Waals surface area contributed by atoms with Crippen molar-refractivity contribution < 1.29 is 14.3 Å². The number of ketones is 1. The maximum atomic E-state index is 13.3. The third-order valence-corrected chi connectivity index (χ3v) is 5.16. The third kappa shape index (κ3) is 3.76. The molecule has 1 aromatic heterocycles. The van der Waals surface area contributed by atoms with Crippen LogP contribution in [0.3, 0.4) is 0 Å². The van der Waals surface area contributed by atoms with Crippen LogP contribution in [-0.2, 0) is 4.79 Å². The molecule has 0 fully saturated rings. The molecule has 6 heteroatoms. The second-order valence-electron chi connectivity index (χ2n) is 7.59. The molecule has 152 valence electrons. The zero-order chi connectivity index (χ0) is 21.3. The molecular weight excluding hydrogens is 378 g/mol. The van der Waals surface area contributed by atoms with Crippen molar-refractivity contribution in [3.8, 4) is 5.75 Å². The van der Waals surface area contributed by atoms with E-state index < -0.39 is 6.10 Å². The Balaban J connectivity index is 1.67. The Hall–Kier alpha value is -3.67. The Morgan fingerprint density at radius 3 is 2.43 bits per heavy atom. The number of rotatable bonds is 5. The second-order valence-corrected chi connectivity index (χ2v) is 7.59. The molecule has 2 N–H and O–H groups in total. The third-order valence-electron chi connectivity index (χ3n) is 5.16. The van der Waals surface area contributed by atoms with Gasteiger partial charge >= 0.3 is 0 Å². The Labute approximate surface area is 175 Å². The van der Waals surface area contributed by atoms with Crippen molar-refractivity contribution in [3.05, 3.63) is 83.4 Å². The number of nitrogens with two attached hydrogens (primary N) is 1. The summed E-state index contributed by atoms with van der Waals surface area (Å²) in [4.78, 5) is 31.9. The van der Waals surface area contributed by atoms with Crippen molar-refractivity contribution in [1.82, 2.24) is 4.98 Å². The quantitative estimate of drug-likeness (QED) is 0.650. The van der Waals surface area contributed by atoms with Crippen molar-refractivity contribution in [2.24, 2.45) is 0 Å². The average molecular weight is 401 g/mol. The van der Waals surface area contributed by atoms with Crippen molar-refractivity contribution >= 4 is 23.3 Å². The molecule has 1 unspecified atom stereocenters. The average Bonchev–Trinajstić information content (AvgIpc) is 2.76. The molecule has 0 radical (unpaired) electrons. The van der Waals surface area contributed by atoms with Crippen LogP contribution in [0.15, 0.2) is 66.7 Å². The largest absolute Gasteiger partial charge is 0.472 e. The van der Waals surface area contributed by atoms with Crippen LogP contribution in [0.25, 0.3) is 0 Å². The van der Waals surface area contributed by atoms with Gasteiger partial charge in [0.2, 0.25) is 6.10 Å². The summed E-state index contributed by atoms with van der Waals surface area (Å²) in [5.41, 5.74) is 8.24. The topological polar surface area (TPSA) is 85.5 Å². The summed E-state index contributed by atoms with van der Waals surface area (Å²) in [6, 6.07) is 20.0. The van der Waals surface area contributed by atoms with Gasteiger partial charge in [-0.05, 0) is 23.6 Å². The van der Waals surface area contributed by atoms with Crippen LogP contribution in [0.5, 0.6) is 5.75 Å². The molecule has 0 saturated heterocycles. The molecule has 1 amide bonds. The Kier molecular flexibility index (Phi) is 5.23. The van der Waals surface area contributed by atoms with Gasteiger partial charge in [0, 0.05) is 11.1 Å². The minimum absolute atomic E-state index is 0.143. The lowest BCUT2D eigenvalue weighted by Gasteiger charge is -2.33. The van der Waals surface area contributed by atoms with Crippen molar-refractivity contribution in [2.45, 2.75) is 25.9 Å². The molecule has 30 heavy (non-hydrogen) atoms. The minimum atomic E-state index is -0.847. The molecule has 6 nitrogen and oxygen atoms in total. The number of hydrogen-bond donors (Lipinski definition) is 1. The first-order chi connectivity index (χ1) is 14.4. The Morgan fingerprint density at radius 2 is 1.77 bits per heavy atom. The molecule has 2 aromatic carbocycles. The number of benzene rings is 2. The SMILES string of the molecule is CC(C)c1ccc(C(=O)CN2C(=O)C(c3ccccc3)Oc3ccc(N)nc32)cc1. The number of pyridine rings is 1. The molecule has 1 aliphatic rings. The Morgan fingerprint density at radius 1 is 1.07 bits per heavy atom. The fourth-order valence-electron chi connectivity index (χ4n) is 3.44. The van der Waals surface area contributed by atoms with E-state index in [1.165, 1.54) is 4.90 Å². The molecule has 1 atom stereocenters. The number of nitrogen functional groups attached to an aromatic ring is 1. The van der Waals surface area contributed by atoms with Crippen LogP contribution in [0.2, 0.25) is 0 Å². The minimum Gasteiger partial charge on any atom is -0.472 e. The van der Waals surface area contributed by atoms with Crippen LogP contribution in [0.1, 0.15) is 47.4 Å². The van der Waals surface area contributed by atoms with Crippen molar-refractivity contribution in [3.63, 3.8) is 0 Å². The summed E-state index contributed by atoms with van der Waals surface area (Å²) in [5.74, 6) is 0.782. The lowest BCUT2D eigenvalue weighted by molar-refractivity contribution is -0.126. The number of Topliss-reactive ketones (excluding diaryl/α,β-unsaturated/α-hetero) is 1. The summed E-state index contributed by atoms with van der Waals surface area (Å²) in [6.07, 6.45) is -0.847. The van der Waals surface area contributed by atoms with Gasteiger partial charge in [-0.3, -0.25) is 14.5 Å². The van der Waals surface area contributed by atoms with E-state index in [0.717, 1.165) is 5.56 Å². The van der Waals surface area contributed by atoms with E-state index in [2.05, 4.69) is 18.8 Å². The molecule has 0 bridgehead atoms. The first-order valence-corrected chi connectivity index (χ1v) is 9.86. The van der Waals surface area contributed by atoms with Crippen LogP contribution in [0, 0.1) is 0 Å². The maximum absolute atomic E-state index is 13.3. The van der Waals surface area contributed by atoms with Gasteiger partial charge in [-0.15, -0.1) is 0 Å². The van der Waals surface area contributed by atoms with E-state index in [1.54, 1.807) is 24.3 Å². The highest BCUT2D eigenvalue weighted by Gasteiger charge is 2.37. The van der Waals surface area contributed by atoms with E-state index >= 15 is 0 Å². The second kappa shape index (κ2) is 7.99. The van der Waals surface area contributed by atoms with Crippen LogP contribution in [0.4, 0.5) is 11.6 Å². The number of nitrogens with zero attached hydrogens (tertiary/aromatic N) is 2. The molecule has 0 spiro atoms. The number of fused-ring (bicyclic) bond motifs is 1. The number of amides is 1. The normalized spacial score (nSPS) is 15.6. The standard InChI is InChI=1S/C24H23N3O3/c1-15(2)16-8-10-17(11-9-16)19(28)14-27-23-20(12-13-21(25)26-23)30-22(24(27)29)18-6-4-3-5-7-18/h3-13,15,22H,14H2,1-2H3,(H2,25,26). The first kappa shape index (κ1) is 19.6. The van der Waals surface area contributed by atoms with Crippen molar-refractivity contribution in [1.29, 1.82) is 0 Å². The smallest absolute Gasteiger partial charge is 0.274 e. The molecule has 3 aromatic rings. The summed E-state index contributed by atoms with van der Waals surface area (Å²) >= 11 is 0. The summed E-state index contributed by atoms with van der Waals surface area (Å²) in [5, 5.41) is 0. The molecular formula is C24H23N3O3. The highest BCUT2D eigenvalue weighted by molar-refractivity contribution is 6.08. The van der Waals surface area contributed by atoms with Gasteiger partial charge in [0.05, 0.1) is 6.54 Å². The molecule has 0 aliphatic carbocycles. The van der Waals surface area contributed by atoms with Gasteiger partial charge in [0.15, 0.2) is 17.4 Å². The highest BCUT2D eigenvalue weighted by atomic mass is 16.5. The Bertz CT molecular complexity index is 1080. The van der Waals surface area contributed by atoms with E-state index in [4.69, 9.17) is 10.5 Å². The first-order valence-electron chi connectivity index (χ1n) is 9.86. The van der Waals surface area contributed by atoms with Gasteiger partial charge in [-0.25, -0.2) is 4.98 Å². The van der Waals surface area contributed by atoms with Gasteiger partial charge in [-0.1, -0.05) is 68.4 Å². The number of carbonyl (C=O) groups excluding carboxylic acids is 2. The number of anilines is 2. The predicted molar refractivity (Wildman–Crippen MR) is 116 cm³/mol. The van der Waals surface area contributed by atoms with Gasteiger partial charge in [-0.2, -0.15) is 0 Å². The van der Waals surface area contributed by atoms with Crippen LogP contribution in [-0.4, -0.2) is 23.2 Å². The zero-order valence-electron chi connectivity index (χ0n) is 16.9. The van der Waals surface area contributed by atoms with Gasteiger partial charge in [0.1, 0.15) is 5.82 Å². The maximum Gasteiger partial charge on any atom is 0.274 e. The fraction of sp³-hybridized carbons (Fsp3) is 0.208. The van der Waals surface area contributed by atoms with Crippen LogP contribution >= 0.6 is 0 Å².